The third-order valence-corrected chi connectivity index (χ3v) is 4.73. The first-order valence-electron chi connectivity index (χ1n) is 7.81. The predicted octanol–water partition coefficient (Wildman–Crippen LogP) is 5.42. The molecule has 0 unspecified atom stereocenters. The summed E-state index contributed by atoms with van der Waals surface area (Å²) < 4.78 is 2.13. The molecule has 0 aliphatic heterocycles. The van der Waals surface area contributed by atoms with Crippen molar-refractivity contribution in [3.8, 4) is 11.4 Å². The summed E-state index contributed by atoms with van der Waals surface area (Å²) >= 11 is 7.64. The number of nitrogens with zero attached hydrogens (tertiary/aromatic N) is 3. The van der Waals surface area contributed by atoms with Crippen LogP contribution in [0.4, 0.5) is 0 Å². The molecule has 0 N–H and O–H groups in total. The van der Waals surface area contributed by atoms with Gasteiger partial charge in [0.1, 0.15) is 0 Å². The Morgan fingerprint density at radius 2 is 1.79 bits per heavy atom. The maximum atomic E-state index is 5.96. The van der Waals surface area contributed by atoms with Crippen LogP contribution in [-0.4, -0.2) is 20.5 Å². The van der Waals surface area contributed by atoms with E-state index in [0.29, 0.717) is 0 Å². The molecule has 0 amide bonds. The van der Waals surface area contributed by atoms with Gasteiger partial charge >= 0.3 is 0 Å². The van der Waals surface area contributed by atoms with Crippen LogP contribution in [0.25, 0.3) is 17.5 Å². The molecule has 5 heteroatoms. The minimum Gasteiger partial charge on any atom is -0.302 e. The molecule has 24 heavy (non-hydrogen) atoms. The van der Waals surface area contributed by atoms with Crippen LogP contribution in [0.1, 0.15) is 12.5 Å². The number of aromatic nitrogens is 3. The third-order valence-electron chi connectivity index (χ3n) is 3.55. The highest BCUT2D eigenvalue weighted by molar-refractivity contribution is 7.99. The van der Waals surface area contributed by atoms with Crippen molar-refractivity contribution in [2.75, 3.05) is 5.75 Å². The largest absolute Gasteiger partial charge is 0.302 e. The molecule has 0 bridgehead atoms. The van der Waals surface area contributed by atoms with E-state index < -0.39 is 0 Å². The van der Waals surface area contributed by atoms with Crippen LogP contribution in [0.5, 0.6) is 0 Å². The monoisotopic (exact) mass is 355 g/mol. The Bertz CT molecular complexity index is 810. The molecule has 2 aromatic carbocycles. The maximum absolute atomic E-state index is 5.96. The van der Waals surface area contributed by atoms with E-state index in [1.165, 1.54) is 5.56 Å². The standard InChI is InChI=1S/C19H18ClN3S/c1-2-23-18(16-10-12-17(20)13-11-16)21-22-19(23)24-14-6-9-15-7-4-3-5-8-15/h3-13H,2,14H2,1H3. The van der Waals surface area contributed by atoms with Crippen molar-refractivity contribution in [2.24, 2.45) is 0 Å². The van der Waals surface area contributed by atoms with Gasteiger partial charge in [0.25, 0.3) is 0 Å². The number of hydrogen-bond donors (Lipinski definition) is 0. The molecule has 0 radical (unpaired) electrons. The fraction of sp³-hybridized carbons (Fsp3) is 0.158. The molecule has 0 saturated heterocycles. The molecule has 0 atom stereocenters. The minimum atomic E-state index is 0.724. The van der Waals surface area contributed by atoms with Gasteiger partial charge in [-0.05, 0) is 36.8 Å². The fourth-order valence-corrected chi connectivity index (χ4v) is 3.30. The van der Waals surface area contributed by atoms with Gasteiger partial charge in [0.2, 0.25) is 0 Å². The van der Waals surface area contributed by atoms with Gasteiger partial charge < -0.3 is 4.57 Å². The Balaban J connectivity index is 1.70. The van der Waals surface area contributed by atoms with E-state index in [9.17, 15) is 0 Å². The van der Waals surface area contributed by atoms with Gasteiger partial charge in [0, 0.05) is 22.9 Å². The van der Waals surface area contributed by atoms with Crippen LogP contribution in [0, 0.1) is 0 Å². The van der Waals surface area contributed by atoms with Gasteiger partial charge in [0.15, 0.2) is 11.0 Å². The first kappa shape index (κ1) is 16.8. The van der Waals surface area contributed by atoms with Crippen molar-refractivity contribution in [1.29, 1.82) is 0 Å². The van der Waals surface area contributed by atoms with E-state index in [1.807, 2.05) is 42.5 Å². The highest BCUT2D eigenvalue weighted by Gasteiger charge is 2.12. The number of hydrogen-bond acceptors (Lipinski definition) is 3. The average molecular weight is 356 g/mol. The molecular formula is C19H18ClN3S. The summed E-state index contributed by atoms with van der Waals surface area (Å²) in [7, 11) is 0. The second-order valence-corrected chi connectivity index (χ2v) is 6.60. The zero-order valence-corrected chi connectivity index (χ0v) is 15.0. The lowest BCUT2D eigenvalue weighted by molar-refractivity contribution is 0.688. The van der Waals surface area contributed by atoms with Crippen LogP contribution >= 0.6 is 23.4 Å². The Morgan fingerprint density at radius 3 is 2.50 bits per heavy atom. The summed E-state index contributed by atoms with van der Waals surface area (Å²) in [6.45, 7) is 2.93. The molecule has 3 rings (SSSR count). The van der Waals surface area contributed by atoms with E-state index in [2.05, 4.69) is 46.0 Å². The molecular weight excluding hydrogens is 338 g/mol. The molecule has 3 aromatic rings. The molecule has 3 nitrogen and oxygen atoms in total. The Hall–Kier alpha value is -2.04. The normalized spacial score (nSPS) is 11.2. The first-order chi connectivity index (χ1) is 11.8. The quantitative estimate of drug-likeness (QED) is 0.553. The summed E-state index contributed by atoms with van der Waals surface area (Å²) in [5.74, 6) is 1.73. The Labute approximate surface area is 151 Å². The minimum absolute atomic E-state index is 0.724. The van der Waals surface area contributed by atoms with E-state index >= 15 is 0 Å². The fourth-order valence-electron chi connectivity index (χ4n) is 2.36. The zero-order chi connectivity index (χ0) is 16.8. The zero-order valence-electron chi connectivity index (χ0n) is 13.4. The van der Waals surface area contributed by atoms with Crippen LogP contribution in [0.3, 0.4) is 0 Å². The van der Waals surface area contributed by atoms with Crippen LogP contribution in [0.15, 0.2) is 65.8 Å². The van der Waals surface area contributed by atoms with Crippen LogP contribution < -0.4 is 0 Å². The second-order valence-electron chi connectivity index (χ2n) is 5.18. The molecule has 0 aliphatic carbocycles. The van der Waals surface area contributed by atoms with Crippen molar-refractivity contribution < 1.29 is 0 Å². The molecule has 122 valence electrons. The van der Waals surface area contributed by atoms with Crippen molar-refractivity contribution in [1.82, 2.24) is 14.8 Å². The van der Waals surface area contributed by atoms with E-state index in [1.54, 1.807) is 11.8 Å². The summed E-state index contributed by atoms with van der Waals surface area (Å²) in [6, 6.07) is 18.0. The van der Waals surface area contributed by atoms with Crippen LogP contribution in [0.2, 0.25) is 5.02 Å². The molecule has 0 aliphatic rings. The van der Waals surface area contributed by atoms with Crippen molar-refractivity contribution in [3.05, 3.63) is 71.3 Å². The summed E-state index contributed by atoms with van der Waals surface area (Å²) in [6.07, 6.45) is 4.27. The Kier molecular flexibility index (Phi) is 5.72. The lowest BCUT2D eigenvalue weighted by Crippen LogP contribution is -1.99. The first-order valence-corrected chi connectivity index (χ1v) is 9.18. The van der Waals surface area contributed by atoms with Gasteiger partial charge in [-0.2, -0.15) is 0 Å². The van der Waals surface area contributed by atoms with Crippen molar-refractivity contribution in [3.63, 3.8) is 0 Å². The second kappa shape index (κ2) is 8.18. The van der Waals surface area contributed by atoms with E-state index in [0.717, 1.165) is 33.9 Å². The maximum Gasteiger partial charge on any atom is 0.191 e. The van der Waals surface area contributed by atoms with Crippen molar-refractivity contribution >= 4 is 29.4 Å². The SMILES string of the molecule is CCn1c(SCC=Cc2ccccc2)nnc1-c1ccc(Cl)cc1. The van der Waals surface area contributed by atoms with E-state index in [4.69, 9.17) is 11.6 Å². The van der Waals surface area contributed by atoms with Gasteiger partial charge in [-0.15, -0.1) is 10.2 Å². The van der Waals surface area contributed by atoms with Crippen LogP contribution in [-0.2, 0) is 6.54 Å². The number of thioether (sulfide) groups is 1. The molecule has 0 fully saturated rings. The third kappa shape index (κ3) is 4.08. The van der Waals surface area contributed by atoms with Gasteiger partial charge in [-0.25, -0.2) is 0 Å². The molecule has 0 spiro atoms. The summed E-state index contributed by atoms with van der Waals surface area (Å²) in [4.78, 5) is 0. The lowest BCUT2D eigenvalue weighted by Gasteiger charge is -2.06. The lowest BCUT2D eigenvalue weighted by atomic mass is 10.2. The van der Waals surface area contributed by atoms with Gasteiger partial charge in [-0.3, -0.25) is 0 Å². The average Bonchev–Trinajstić information content (AvgIpc) is 3.03. The highest BCUT2D eigenvalue weighted by Crippen LogP contribution is 2.25. The predicted molar refractivity (Wildman–Crippen MR) is 102 cm³/mol. The van der Waals surface area contributed by atoms with Crippen molar-refractivity contribution in [2.45, 2.75) is 18.6 Å². The molecule has 0 saturated carbocycles. The summed E-state index contributed by atoms with van der Waals surface area (Å²) in [5, 5.41) is 10.3. The number of benzene rings is 2. The smallest absolute Gasteiger partial charge is 0.191 e. The number of halogens is 1. The van der Waals surface area contributed by atoms with Gasteiger partial charge in [-0.1, -0.05) is 65.8 Å². The summed E-state index contributed by atoms with van der Waals surface area (Å²) in [5.41, 5.74) is 2.23. The topological polar surface area (TPSA) is 30.7 Å². The Morgan fingerprint density at radius 1 is 1.04 bits per heavy atom. The highest BCUT2D eigenvalue weighted by atomic mass is 35.5. The number of rotatable bonds is 6. The van der Waals surface area contributed by atoms with E-state index in [-0.39, 0.29) is 0 Å². The molecule has 1 heterocycles. The molecule has 1 aromatic heterocycles. The van der Waals surface area contributed by atoms with Gasteiger partial charge in [0.05, 0.1) is 0 Å².